The summed E-state index contributed by atoms with van der Waals surface area (Å²) < 4.78 is 16.3. The minimum atomic E-state index is -0.961. The summed E-state index contributed by atoms with van der Waals surface area (Å²) in [5, 5.41) is 11.7. The number of rotatable bonds is 8. The molecule has 0 aromatic heterocycles. The second-order valence-electron chi connectivity index (χ2n) is 8.26. The molecule has 0 bridgehead atoms. The largest absolute Gasteiger partial charge is 0.507 e. The Bertz CT molecular complexity index is 1360. The number of halogens is 2. The minimum Gasteiger partial charge on any atom is -0.507 e. The number of methoxy groups -OCH3 is 2. The maximum absolute atomic E-state index is 13.4. The van der Waals surface area contributed by atoms with E-state index in [4.69, 9.17) is 37.4 Å². The molecule has 3 aromatic carbocycles. The SMILES string of the molecule is CCCOc1cccc(C2/C(=C(\O)c3cc(Cl)c(OC)c(Cl)c3)C(=O)C(=O)N2c2cccc(OC)c2)c1. The van der Waals surface area contributed by atoms with E-state index in [2.05, 4.69) is 0 Å². The van der Waals surface area contributed by atoms with Crippen molar-refractivity contribution in [3.8, 4) is 17.2 Å². The summed E-state index contributed by atoms with van der Waals surface area (Å²) in [7, 11) is 2.93. The first-order valence-corrected chi connectivity index (χ1v) is 12.3. The fraction of sp³-hybridized carbons (Fsp3) is 0.214. The molecule has 7 nitrogen and oxygen atoms in total. The van der Waals surface area contributed by atoms with E-state index in [0.717, 1.165) is 6.42 Å². The molecule has 9 heteroatoms. The van der Waals surface area contributed by atoms with E-state index in [1.165, 1.54) is 31.3 Å². The standard InChI is InChI=1S/C28H25Cl2NO6/c1-4-11-37-20-10-5-7-16(12-20)24-23(25(32)17-13-21(29)27(36-3)22(30)14-17)26(33)28(34)31(24)18-8-6-9-19(15-18)35-2/h5-10,12-15,24,32H,4,11H2,1-3H3/b25-23+. The van der Waals surface area contributed by atoms with Gasteiger partial charge in [0.05, 0.1) is 42.5 Å². The Balaban J connectivity index is 1.94. The molecule has 0 spiro atoms. The number of hydrogen-bond acceptors (Lipinski definition) is 6. The number of benzene rings is 3. The topological polar surface area (TPSA) is 85.3 Å². The van der Waals surface area contributed by atoms with Crippen molar-refractivity contribution < 1.29 is 28.9 Å². The van der Waals surface area contributed by atoms with Crippen molar-refractivity contribution in [3.05, 3.63) is 87.4 Å². The third-order valence-corrected chi connectivity index (χ3v) is 6.46. The van der Waals surface area contributed by atoms with E-state index in [-0.39, 0.29) is 26.9 Å². The molecule has 1 heterocycles. The van der Waals surface area contributed by atoms with Gasteiger partial charge in [-0.2, -0.15) is 0 Å². The number of carbonyl (C=O) groups is 2. The van der Waals surface area contributed by atoms with Crippen LogP contribution in [0.2, 0.25) is 10.0 Å². The van der Waals surface area contributed by atoms with Crippen LogP contribution in [0, 0.1) is 0 Å². The van der Waals surface area contributed by atoms with Crippen molar-refractivity contribution in [2.45, 2.75) is 19.4 Å². The zero-order valence-electron chi connectivity index (χ0n) is 20.5. The highest BCUT2D eigenvalue weighted by atomic mass is 35.5. The zero-order valence-corrected chi connectivity index (χ0v) is 22.0. The molecule has 0 aliphatic carbocycles. The van der Waals surface area contributed by atoms with Crippen LogP contribution in [0.1, 0.15) is 30.5 Å². The smallest absolute Gasteiger partial charge is 0.300 e. The number of ether oxygens (including phenoxy) is 3. The van der Waals surface area contributed by atoms with Crippen LogP contribution in [0.4, 0.5) is 5.69 Å². The van der Waals surface area contributed by atoms with Crippen LogP contribution in [-0.2, 0) is 9.59 Å². The number of amides is 1. The number of ketones is 1. The highest BCUT2D eigenvalue weighted by molar-refractivity contribution is 6.51. The Morgan fingerprint density at radius 3 is 2.27 bits per heavy atom. The monoisotopic (exact) mass is 541 g/mol. The van der Waals surface area contributed by atoms with Crippen LogP contribution in [0.15, 0.2) is 66.2 Å². The molecule has 3 aromatic rings. The van der Waals surface area contributed by atoms with Crippen LogP contribution in [0.3, 0.4) is 0 Å². The van der Waals surface area contributed by atoms with Gasteiger partial charge in [0.1, 0.15) is 17.3 Å². The molecule has 1 saturated heterocycles. The molecule has 37 heavy (non-hydrogen) atoms. The molecule has 1 amide bonds. The molecular formula is C28H25Cl2NO6. The molecule has 1 aliphatic rings. The highest BCUT2D eigenvalue weighted by Gasteiger charge is 2.47. The van der Waals surface area contributed by atoms with Gasteiger partial charge >= 0.3 is 0 Å². The van der Waals surface area contributed by atoms with Crippen molar-refractivity contribution in [2.24, 2.45) is 0 Å². The van der Waals surface area contributed by atoms with Crippen molar-refractivity contribution in [3.63, 3.8) is 0 Å². The number of nitrogens with zero attached hydrogens (tertiary/aromatic N) is 1. The summed E-state index contributed by atoms with van der Waals surface area (Å²) in [6, 6.07) is 15.8. The third-order valence-electron chi connectivity index (χ3n) is 5.90. The summed E-state index contributed by atoms with van der Waals surface area (Å²) in [5.74, 6) is -0.759. The van der Waals surface area contributed by atoms with Gasteiger partial charge in [0.15, 0.2) is 5.75 Å². The number of anilines is 1. The van der Waals surface area contributed by atoms with Gasteiger partial charge in [0, 0.05) is 17.3 Å². The molecule has 1 atom stereocenters. The number of aliphatic hydroxyl groups excluding tert-OH is 1. The first-order valence-electron chi connectivity index (χ1n) is 11.5. The van der Waals surface area contributed by atoms with Crippen LogP contribution in [0.5, 0.6) is 17.2 Å². The molecule has 0 saturated carbocycles. The lowest BCUT2D eigenvalue weighted by Gasteiger charge is -2.26. The van der Waals surface area contributed by atoms with E-state index >= 15 is 0 Å². The first kappa shape index (κ1) is 26.4. The fourth-order valence-corrected chi connectivity index (χ4v) is 4.86. The average Bonchev–Trinajstić information content (AvgIpc) is 3.17. The van der Waals surface area contributed by atoms with Gasteiger partial charge in [-0.3, -0.25) is 14.5 Å². The summed E-state index contributed by atoms with van der Waals surface area (Å²) in [6.07, 6.45) is 0.811. The lowest BCUT2D eigenvalue weighted by molar-refractivity contribution is -0.132. The summed E-state index contributed by atoms with van der Waals surface area (Å²) in [6.45, 7) is 2.50. The maximum Gasteiger partial charge on any atom is 0.300 e. The van der Waals surface area contributed by atoms with Gasteiger partial charge in [0.25, 0.3) is 11.7 Å². The van der Waals surface area contributed by atoms with Crippen LogP contribution >= 0.6 is 23.2 Å². The third kappa shape index (κ3) is 5.10. The first-order chi connectivity index (χ1) is 17.8. The Hall–Kier alpha value is -3.68. The van der Waals surface area contributed by atoms with Crippen molar-refractivity contribution >= 4 is 46.3 Å². The van der Waals surface area contributed by atoms with Crippen LogP contribution < -0.4 is 19.1 Å². The Kier molecular flexibility index (Phi) is 7.95. The van der Waals surface area contributed by atoms with Crippen molar-refractivity contribution in [1.82, 2.24) is 0 Å². The van der Waals surface area contributed by atoms with Crippen molar-refractivity contribution in [1.29, 1.82) is 0 Å². The maximum atomic E-state index is 13.4. The van der Waals surface area contributed by atoms with Crippen LogP contribution in [-0.4, -0.2) is 37.6 Å². The van der Waals surface area contributed by atoms with Gasteiger partial charge in [-0.05, 0) is 48.4 Å². The second-order valence-corrected chi connectivity index (χ2v) is 9.08. The van der Waals surface area contributed by atoms with E-state index in [0.29, 0.717) is 29.4 Å². The van der Waals surface area contributed by atoms with Gasteiger partial charge in [-0.1, -0.05) is 48.3 Å². The predicted molar refractivity (Wildman–Crippen MR) is 143 cm³/mol. The normalized spacial score (nSPS) is 16.7. The van der Waals surface area contributed by atoms with Gasteiger partial charge in [0.2, 0.25) is 0 Å². The fourth-order valence-electron chi connectivity index (χ4n) is 4.22. The van der Waals surface area contributed by atoms with E-state index < -0.39 is 23.5 Å². The van der Waals surface area contributed by atoms with Gasteiger partial charge < -0.3 is 19.3 Å². The van der Waals surface area contributed by atoms with Gasteiger partial charge in [-0.15, -0.1) is 0 Å². The number of hydrogen-bond donors (Lipinski definition) is 1. The molecule has 4 rings (SSSR count). The molecule has 192 valence electrons. The Morgan fingerprint density at radius 2 is 1.62 bits per heavy atom. The molecule has 0 radical (unpaired) electrons. The van der Waals surface area contributed by atoms with Crippen LogP contribution in [0.25, 0.3) is 5.76 Å². The summed E-state index contributed by atoms with van der Waals surface area (Å²) in [5.41, 5.74) is 1.06. The molecule has 1 aliphatic heterocycles. The Morgan fingerprint density at radius 1 is 0.946 bits per heavy atom. The highest BCUT2D eigenvalue weighted by Crippen LogP contribution is 2.44. The van der Waals surface area contributed by atoms with Crippen molar-refractivity contribution in [2.75, 3.05) is 25.7 Å². The van der Waals surface area contributed by atoms with E-state index in [1.807, 2.05) is 6.92 Å². The second kappa shape index (κ2) is 11.2. The van der Waals surface area contributed by atoms with Gasteiger partial charge in [-0.25, -0.2) is 0 Å². The Labute approximate surface area is 224 Å². The lowest BCUT2D eigenvalue weighted by atomic mass is 9.95. The average molecular weight is 542 g/mol. The number of carbonyl (C=O) groups excluding carboxylic acids is 2. The van der Waals surface area contributed by atoms with E-state index in [1.54, 1.807) is 48.5 Å². The number of Topliss-reactive ketones (excluding diaryl/α,β-unsaturated/α-hetero) is 1. The molecule has 1 N–H and O–H groups in total. The minimum absolute atomic E-state index is 0.113. The van der Waals surface area contributed by atoms with E-state index in [9.17, 15) is 14.7 Å². The zero-order chi connectivity index (χ0) is 26.7. The molecule has 1 unspecified atom stereocenters. The molecular weight excluding hydrogens is 517 g/mol. The summed E-state index contributed by atoms with van der Waals surface area (Å²) >= 11 is 12.6. The predicted octanol–water partition coefficient (Wildman–Crippen LogP) is 6.43. The summed E-state index contributed by atoms with van der Waals surface area (Å²) in [4.78, 5) is 28.2. The quantitative estimate of drug-likeness (QED) is 0.201. The number of aliphatic hydroxyl groups is 1. The molecule has 1 fully saturated rings. The lowest BCUT2D eigenvalue weighted by Crippen LogP contribution is -2.29.